The Morgan fingerprint density at radius 3 is 2.39 bits per heavy atom. The van der Waals surface area contributed by atoms with Crippen LogP contribution < -0.4 is 19.4 Å². The number of nitrogens with zero attached hydrogens (tertiary/aromatic N) is 3. The van der Waals surface area contributed by atoms with E-state index in [4.69, 9.17) is 21.1 Å². The quantitative estimate of drug-likeness (QED) is 0.566. The summed E-state index contributed by atoms with van der Waals surface area (Å²) in [6.07, 6.45) is -0.514. The van der Waals surface area contributed by atoms with E-state index in [1.54, 1.807) is 34.2 Å². The number of fused-ring (bicyclic) bond motifs is 1. The Hall–Kier alpha value is -3.58. The van der Waals surface area contributed by atoms with Gasteiger partial charge in [-0.3, -0.25) is 9.69 Å². The Kier molecular flexibility index (Phi) is 4.75. The number of benzene rings is 3. The lowest BCUT2D eigenvalue weighted by atomic mass is 10.1. The topological polar surface area (TPSA) is 54.4 Å². The summed E-state index contributed by atoms with van der Waals surface area (Å²) >= 11 is 6.07. The van der Waals surface area contributed by atoms with Crippen molar-refractivity contribution in [1.82, 2.24) is 0 Å². The van der Waals surface area contributed by atoms with E-state index in [9.17, 15) is 9.18 Å². The van der Waals surface area contributed by atoms with Gasteiger partial charge in [-0.2, -0.15) is 0 Å². The van der Waals surface area contributed by atoms with Crippen LogP contribution in [-0.2, 0) is 4.79 Å². The first-order chi connectivity index (χ1) is 15.0. The minimum atomic E-state index is -0.514. The number of anilines is 2. The fourth-order valence-corrected chi connectivity index (χ4v) is 3.82. The molecular weight excluding hydrogens is 421 g/mol. The molecule has 1 unspecified atom stereocenters. The van der Waals surface area contributed by atoms with Crippen LogP contribution in [0.1, 0.15) is 18.7 Å². The van der Waals surface area contributed by atoms with E-state index < -0.39 is 6.17 Å². The minimum absolute atomic E-state index is 0.154. The van der Waals surface area contributed by atoms with E-state index >= 15 is 0 Å². The summed E-state index contributed by atoms with van der Waals surface area (Å²) in [5.74, 6) is 0.930. The van der Waals surface area contributed by atoms with E-state index in [0.29, 0.717) is 22.2 Å². The molecule has 0 spiro atoms. The van der Waals surface area contributed by atoms with Crippen LogP contribution in [0.4, 0.5) is 15.8 Å². The lowest BCUT2D eigenvalue weighted by Crippen LogP contribution is -2.37. The van der Waals surface area contributed by atoms with Crippen LogP contribution in [0, 0.1) is 5.82 Å². The number of hydrogen-bond acceptors (Lipinski definition) is 6. The van der Waals surface area contributed by atoms with Crippen molar-refractivity contribution >= 4 is 34.6 Å². The molecule has 0 aromatic heterocycles. The Balaban J connectivity index is 1.68. The number of amidine groups is 1. The molecule has 0 fully saturated rings. The maximum atomic E-state index is 13.6. The van der Waals surface area contributed by atoms with Gasteiger partial charge in [0.15, 0.2) is 29.3 Å². The fourth-order valence-electron chi connectivity index (χ4n) is 3.69. The fraction of sp³-hybridized carbons (Fsp3) is 0.130. The molecule has 2 aliphatic heterocycles. The molecule has 156 valence electrons. The third-order valence-electron chi connectivity index (χ3n) is 5.11. The lowest BCUT2D eigenvalue weighted by Gasteiger charge is -2.32. The van der Waals surface area contributed by atoms with Crippen molar-refractivity contribution in [3.63, 3.8) is 0 Å². The summed E-state index contributed by atoms with van der Waals surface area (Å²) < 4.78 is 24.6. The number of halogens is 2. The Labute approximate surface area is 183 Å². The normalized spacial score (nSPS) is 17.1. The van der Waals surface area contributed by atoms with Gasteiger partial charge in [-0.1, -0.05) is 17.7 Å². The summed E-state index contributed by atoms with van der Waals surface area (Å²) in [5.41, 5.74) is 2.20. The molecule has 0 N–H and O–H groups in total. The van der Waals surface area contributed by atoms with Gasteiger partial charge >= 0.3 is 0 Å². The Bertz CT molecular complexity index is 1180. The molecule has 0 saturated heterocycles. The summed E-state index contributed by atoms with van der Waals surface area (Å²) in [6.45, 7) is 1.61. The molecular formula is C23H17ClFN3O3. The van der Waals surface area contributed by atoms with Crippen molar-refractivity contribution in [1.29, 1.82) is 0 Å². The monoisotopic (exact) mass is 437 g/mol. The van der Waals surface area contributed by atoms with Gasteiger partial charge < -0.3 is 9.47 Å². The second-order valence-electron chi connectivity index (χ2n) is 7.13. The number of carbonyl (C=O) groups excluding carboxylic acids is 1. The molecule has 0 saturated carbocycles. The molecule has 0 amide bonds. The molecule has 0 radical (unpaired) electrons. The molecule has 2 heterocycles. The smallest absolute Gasteiger partial charge is 0.231 e. The molecule has 1 atom stereocenters. The van der Waals surface area contributed by atoms with Crippen molar-refractivity contribution in [2.75, 3.05) is 16.7 Å². The highest BCUT2D eigenvalue weighted by atomic mass is 35.5. The third kappa shape index (κ3) is 3.47. The van der Waals surface area contributed by atoms with Crippen molar-refractivity contribution in [2.24, 2.45) is 5.10 Å². The summed E-state index contributed by atoms with van der Waals surface area (Å²) in [4.78, 5) is 14.3. The molecule has 3 aromatic carbocycles. The average molecular weight is 438 g/mol. The molecule has 5 rings (SSSR count). The molecule has 0 aliphatic carbocycles. The number of ketones is 1. The molecule has 2 aliphatic rings. The van der Waals surface area contributed by atoms with Gasteiger partial charge in [0.2, 0.25) is 6.79 Å². The predicted molar refractivity (Wildman–Crippen MR) is 116 cm³/mol. The number of Topliss-reactive ketones (excluding diaryl/α,β-unsaturated/α-hetero) is 1. The van der Waals surface area contributed by atoms with Crippen LogP contribution in [0.3, 0.4) is 0 Å². The highest BCUT2D eigenvalue weighted by Crippen LogP contribution is 2.42. The molecule has 31 heavy (non-hydrogen) atoms. The van der Waals surface area contributed by atoms with Crippen molar-refractivity contribution in [3.8, 4) is 11.5 Å². The van der Waals surface area contributed by atoms with E-state index in [0.717, 1.165) is 11.3 Å². The Morgan fingerprint density at radius 2 is 1.68 bits per heavy atom. The highest BCUT2D eigenvalue weighted by molar-refractivity contribution is 6.44. The van der Waals surface area contributed by atoms with Gasteiger partial charge in [-0.15, -0.1) is 5.10 Å². The zero-order valence-corrected chi connectivity index (χ0v) is 17.2. The van der Waals surface area contributed by atoms with Crippen LogP contribution in [0.15, 0.2) is 71.8 Å². The average Bonchev–Trinajstić information content (AvgIpc) is 3.39. The second kappa shape index (κ2) is 7.59. The van der Waals surface area contributed by atoms with Crippen LogP contribution in [-0.4, -0.2) is 18.4 Å². The van der Waals surface area contributed by atoms with Crippen molar-refractivity contribution in [2.45, 2.75) is 13.1 Å². The van der Waals surface area contributed by atoms with Gasteiger partial charge in [0.25, 0.3) is 0 Å². The Morgan fingerprint density at radius 1 is 1.00 bits per heavy atom. The van der Waals surface area contributed by atoms with E-state index in [-0.39, 0.29) is 24.2 Å². The number of rotatable bonds is 4. The van der Waals surface area contributed by atoms with Crippen molar-refractivity contribution in [3.05, 3.63) is 83.1 Å². The number of carbonyl (C=O) groups is 1. The molecule has 0 bridgehead atoms. The maximum Gasteiger partial charge on any atom is 0.231 e. The molecule has 6 nitrogen and oxygen atoms in total. The largest absolute Gasteiger partial charge is 0.454 e. The summed E-state index contributed by atoms with van der Waals surface area (Å²) in [5, 5.41) is 6.97. The first-order valence-corrected chi connectivity index (χ1v) is 9.98. The number of ether oxygens (including phenoxy) is 2. The summed E-state index contributed by atoms with van der Waals surface area (Å²) in [7, 11) is 0. The minimum Gasteiger partial charge on any atom is -0.454 e. The van der Waals surface area contributed by atoms with E-state index in [1.807, 2.05) is 30.3 Å². The van der Waals surface area contributed by atoms with Crippen LogP contribution in [0.5, 0.6) is 11.5 Å². The number of hydrazone groups is 1. The van der Waals surface area contributed by atoms with E-state index in [2.05, 4.69) is 5.10 Å². The summed E-state index contributed by atoms with van der Waals surface area (Å²) in [6, 6.07) is 18.7. The maximum absolute atomic E-state index is 13.6. The molecule has 8 heteroatoms. The first kappa shape index (κ1) is 19.4. The SMILES string of the molecule is CC(=O)C1=NN(c2ccc(Cl)cc2)C(c2ccc3c(c2)OCO3)N1c1ccc(F)cc1. The zero-order chi connectivity index (χ0) is 21.5. The van der Waals surface area contributed by atoms with Crippen molar-refractivity contribution < 1.29 is 18.7 Å². The van der Waals surface area contributed by atoms with Gasteiger partial charge in [-0.05, 0) is 60.7 Å². The molecule has 3 aromatic rings. The first-order valence-electron chi connectivity index (χ1n) is 9.60. The second-order valence-corrected chi connectivity index (χ2v) is 7.57. The standard InChI is InChI=1S/C23H17ClFN3O3/c1-14(29)22-26-28(19-7-3-16(24)4-8-19)23(27(22)18-9-5-17(25)6-10-18)15-2-11-20-21(12-15)31-13-30-20/h2-12,23H,13H2,1H3. The van der Waals surface area contributed by atoms with E-state index in [1.165, 1.54) is 19.1 Å². The third-order valence-corrected chi connectivity index (χ3v) is 5.36. The number of hydrogen-bond donors (Lipinski definition) is 0. The highest BCUT2D eigenvalue weighted by Gasteiger charge is 2.39. The van der Waals surface area contributed by atoms with Crippen LogP contribution in [0.25, 0.3) is 0 Å². The van der Waals surface area contributed by atoms with Gasteiger partial charge in [0.05, 0.1) is 5.69 Å². The van der Waals surface area contributed by atoms with Crippen LogP contribution >= 0.6 is 11.6 Å². The zero-order valence-electron chi connectivity index (χ0n) is 16.5. The van der Waals surface area contributed by atoms with Gasteiger partial charge in [-0.25, -0.2) is 9.40 Å². The van der Waals surface area contributed by atoms with Crippen LogP contribution in [0.2, 0.25) is 5.02 Å². The van der Waals surface area contributed by atoms with Gasteiger partial charge in [0, 0.05) is 23.2 Å². The predicted octanol–water partition coefficient (Wildman–Crippen LogP) is 5.14. The lowest BCUT2D eigenvalue weighted by molar-refractivity contribution is -0.111. The van der Waals surface area contributed by atoms with Gasteiger partial charge in [0.1, 0.15) is 5.82 Å².